The molecule has 4 heteroatoms. The number of hydrogen-bond donors (Lipinski definition) is 0. The average Bonchev–Trinajstić information content (AvgIpc) is 2.44. The van der Waals surface area contributed by atoms with Gasteiger partial charge in [0.1, 0.15) is 0 Å². The molecule has 0 aliphatic carbocycles. The first-order valence-electron chi connectivity index (χ1n) is 5.87. The molecular formula is C11H25N3Si. The molecular weight excluding hydrogens is 202 g/mol. The second-order valence-corrected chi connectivity index (χ2v) is 11.2. The third-order valence-electron chi connectivity index (χ3n) is 2.88. The zero-order valence-electron chi connectivity index (χ0n) is 10.9. The largest absolute Gasteiger partial charge is 0.344 e. The SMILES string of the molecule is CN=C1N(C)CCN1CCC[Si](C)(C)C. The van der Waals surface area contributed by atoms with Gasteiger partial charge in [0.2, 0.25) is 0 Å². The fraction of sp³-hybridized carbons (Fsp3) is 0.909. The molecule has 0 saturated carbocycles. The lowest BCUT2D eigenvalue weighted by molar-refractivity contribution is 0.458. The van der Waals surface area contributed by atoms with E-state index in [1.54, 1.807) is 0 Å². The lowest BCUT2D eigenvalue weighted by Gasteiger charge is -2.22. The van der Waals surface area contributed by atoms with Crippen molar-refractivity contribution in [2.75, 3.05) is 33.7 Å². The summed E-state index contributed by atoms with van der Waals surface area (Å²) in [6.45, 7) is 10.8. The van der Waals surface area contributed by atoms with Crippen LogP contribution in [0.3, 0.4) is 0 Å². The van der Waals surface area contributed by atoms with Crippen LogP contribution in [0.25, 0.3) is 0 Å². The second kappa shape index (κ2) is 5.01. The maximum atomic E-state index is 4.34. The Bertz CT molecular complexity index is 232. The van der Waals surface area contributed by atoms with Crippen LogP contribution in [0.1, 0.15) is 6.42 Å². The van der Waals surface area contributed by atoms with E-state index >= 15 is 0 Å². The van der Waals surface area contributed by atoms with Crippen molar-refractivity contribution < 1.29 is 0 Å². The van der Waals surface area contributed by atoms with E-state index in [-0.39, 0.29) is 0 Å². The molecule has 88 valence electrons. The van der Waals surface area contributed by atoms with Crippen LogP contribution in [0.5, 0.6) is 0 Å². The molecule has 0 radical (unpaired) electrons. The molecule has 0 aromatic carbocycles. The first kappa shape index (κ1) is 12.6. The minimum atomic E-state index is -0.859. The van der Waals surface area contributed by atoms with E-state index in [1.165, 1.54) is 25.0 Å². The average molecular weight is 227 g/mol. The molecule has 1 aliphatic heterocycles. The molecule has 0 spiro atoms. The molecule has 3 nitrogen and oxygen atoms in total. The Hall–Kier alpha value is -0.513. The van der Waals surface area contributed by atoms with Gasteiger partial charge in [-0.25, -0.2) is 0 Å². The Kier molecular flexibility index (Phi) is 4.19. The number of aliphatic imine (C=N–C) groups is 1. The van der Waals surface area contributed by atoms with Gasteiger partial charge in [0.25, 0.3) is 0 Å². The molecule has 0 aromatic rings. The highest BCUT2D eigenvalue weighted by molar-refractivity contribution is 6.76. The van der Waals surface area contributed by atoms with Crippen LogP contribution < -0.4 is 0 Å². The lowest BCUT2D eigenvalue weighted by atomic mass is 10.4. The fourth-order valence-corrected chi connectivity index (χ4v) is 3.26. The van der Waals surface area contributed by atoms with Gasteiger partial charge < -0.3 is 9.80 Å². The van der Waals surface area contributed by atoms with Gasteiger partial charge in [-0.2, -0.15) is 0 Å². The lowest BCUT2D eigenvalue weighted by Crippen LogP contribution is -2.33. The minimum absolute atomic E-state index is 0.859. The van der Waals surface area contributed by atoms with Gasteiger partial charge in [-0.05, 0) is 6.42 Å². The summed E-state index contributed by atoms with van der Waals surface area (Å²) < 4.78 is 0. The summed E-state index contributed by atoms with van der Waals surface area (Å²) in [5.74, 6) is 1.17. The highest BCUT2D eigenvalue weighted by Gasteiger charge is 2.22. The molecule has 0 atom stereocenters. The van der Waals surface area contributed by atoms with Crippen molar-refractivity contribution in [2.45, 2.75) is 32.1 Å². The maximum Gasteiger partial charge on any atom is 0.196 e. The Labute approximate surface area is 95.2 Å². The van der Waals surface area contributed by atoms with Crippen molar-refractivity contribution in [3.63, 3.8) is 0 Å². The van der Waals surface area contributed by atoms with Crippen molar-refractivity contribution in [2.24, 2.45) is 4.99 Å². The van der Waals surface area contributed by atoms with Crippen molar-refractivity contribution in [1.82, 2.24) is 9.80 Å². The van der Waals surface area contributed by atoms with Crippen molar-refractivity contribution in [3.05, 3.63) is 0 Å². The zero-order valence-corrected chi connectivity index (χ0v) is 11.9. The second-order valence-electron chi connectivity index (χ2n) is 5.60. The molecule has 1 aliphatic rings. The van der Waals surface area contributed by atoms with E-state index in [9.17, 15) is 0 Å². The normalized spacial score (nSPS) is 20.5. The van der Waals surface area contributed by atoms with E-state index in [0.29, 0.717) is 0 Å². The molecule has 0 unspecified atom stereocenters. The van der Waals surface area contributed by atoms with Crippen molar-refractivity contribution >= 4 is 14.0 Å². The van der Waals surface area contributed by atoms with Crippen LogP contribution in [0.2, 0.25) is 25.7 Å². The first-order chi connectivity index (χ1) is 6.94. The molecule has 1 saturated heterocycles. The van der Waals surface area contributed by atoms with Crippen molar-refractivity contribution in [1.29, 1.82) is 0 Å². The van der Waals surface area contributed by atoms with Crippen molar-refractivity contribution in [3.8, 4) is 0 Å². The van der Waals surface area contributed by atoms with Crippen LogP contribution in [0.4, 0.5) is 0 Å². The Morgan fingerprint density at radius 3 is 2.47 bits per heavy atom. The number of hydrogen-bond acceptors (Lipinski definition) is 1. The van der Waals surface area contributed by atoms with E-state index < -0.39 is 8.07 Å². The molecule has 15 heavy (non-hydrogen) atoms. The topological polar surface area (TPSA) is 18.8 Å². The van der Waals surface area contributed by atoms with E-state index in [2.05, 4.69) is 41.5 Å². The van der Waals surface area contributed by atoms with Gasteiger partial charge in [-0.3, -0.25) is 4.99 Å². The monoisotopic (exact) mass is 227 g/mol. The van der Waals surface area contributed by atoms with Gasteiger partial charge in [0.05, 0.1) is 0 Å². The van der Waals surface area contributed by atoms with E-state index in [0.717, 1.165) is 13.1 Å². The summed E-state index contributed by atoms with van der Waals surface area (Å²) in [7, 11) is 3.16. The molecule has 1 heterocycles. The first-order valence-corrected chi connectivity index (χ1v) is 9.57. The number of likely N-dealkylation sites (N-methyl/N-ethyl adjacent to an activating group) is 1. The number of guanidine groups is 1. The van der Waals surface area contributed by atoms with Crippen LogP contribution in [0, 0.1) is 0 Å². The third kappa shape index (κ3) is 3.85. The summed E-state index contributed by atoms with van der Waals surface area (Å²) in [4.78, 5) is 9.01. The molecule has 0 aromatic heterocycles. The molecule has 1 rings (SSSR count). The maximum absolute atomic E-state index is 4.34. The number of nitrogens with zero attached hydrogens (tertiary/aromatic N) is 3. The highest BCUT2D eigenvalue weighted by Crippen LogP contribution is 2.13. The summed E-state index contributed by atoms with van der Waals surface area (Å²) in [6, 6.07) is 1.42. The van der Waals surface area contributed by atoms with Crippen LogP contribution in [-0.2, 0) is 0 Å². The highest BCUT2D eigenvalue weighted by atomic mass is 28.3. The summed E-state index contributed by atoms with van der Waals surface area (Å²) in [5.41, 5.74) is 0. The minimum Gasteiger partial charge on any atom is -0.344 e. The van der Waals surface area contributed by atoms with Gasteiger partial charge in [0.15, 0.2) is 5.96 Å². The third-order valence-corrected chi connectivity index (χ3v) is 4.74. The van der Waals surface area contributed by atoms with Crippen LogP contribution in [-0.4, -0.2) is 57.6 Å². The van der Waals surface area contributed by atoms with E-state index in [1.807, 2.05) is 7.05 Å². The van der Waals surface area contributed by atoms with Gasteiger partial charge in [-0.1, -0.05) is 25.7 Å². The Morgan fingerprint density at radius 1 is 1.27 bits per heavy atom. The summed E-state index contributed by atoms with van der Waals surface area (Å²) in [6.07, 6.45) is 1.32. The standard InChI is InChI=1S/C11H25N3Si/c1-12-11-13(2)8-9-14(11)7-6-10-15(3,4)5/h6-10H2,1-5H3. The van der Waals surface area contributed by atoms with Crippen LogP contribution in [0.15, 0.2) is 4.99 Å². The molecule has 0 amide bonds. The van der Waals surface area contributed by atoms with Gasteiger partial charge in [-0.15, -0.1) is 0 Å². The summed E-state index contributed by atoms with van der Waals surface area (Å²) in [5, 5.41) is 0. The van der Waals surface area contributed by atoms with Gasteiger partial charge in [0, 0.05) is 41.8 Å². The van der Waals surface area contributed by atoms with Gasteiger partial charge >= 0.3 is 0 Å². The quantitative estimate of drug-likeness (QED) is 0.684. The smallest absolute Gasteiger partial charge is 0.196 e. The predicted molar refractivity (Wildman–Crippen MR) is 70.3 cm³/mol. The zero-order chi connectivity index (χ0) is 11.5. The van der Waals surface area contributed by atoms with Crippen LogP contribution >= 0.6 is 0 Å². The fourth-order valence-electron chi connectivity index (χ4n) is 2.04. The predicted octanol–water partition coefficient (Wildman–Crippen LogP) is 1.95. The number of rotatable bonds is 4. The molecule has 0 bridgehead atoms. The Morgan fingerprint density at radius 2 is 1.93 bits per heavy atom. The Balaban J connectivity index is 2.34. The summed E-state index contributed by atoms with van der Waals surface area (Å²) >= 11 is 0. The molecule has 1 fully saturated rings. The molecule has 0 N–H and O–H groups in total. The van der Waals surface area contributed by atoms with E-state index in [4.69, 9.17) is 0 Å².